The van der Waals surface area contributed by atoms with Crippen molar-refractivity contribution in [2.75, 3.05) is 5.32 Å². The number of amides is 1. The normalized spacial score (nSPS) is 11.0. The fourth-order valence-corrected chi connectivity index (χ4v) is 2.05. The molecule has 10 heteroatoms. The Kier molecular flexibility index (Phi) is 4.72. The zero-order valence-corrected chi connectivity index (χ0v) is 12.2. The molecule has 2 aromatic rings. The SMILES string of the molecule is O=C(O)c1cc([N+](=O)[O-])ccc1NC(=O)c1ccccc1C(F)(F)F. The number of alkyl halides is 3. The summed E-state index contributed by atoms with van der Waals surface area (Å²) in [5.41, 5.74) is -3.41. The number of hydrogen-bond donors (Lipinski definition) is 2. The van der Waals surface area contributed by atoms with E-state index in [1.165, 1.54) is 6.07 Å². The minimum atomic E-state index is -4.78. The fraction of sp³-hybridized carbons (Fsp3) is 0.0667. The number of carboxylic acids is 1. The van der Waals surface area contributed by atoms with Gasteiger partial charge in [-0.3, -0.25) is 14.9 Å². The largest absolute Gasteiger partial charge is 0.478 e. The van der Waals surface area contributed by atoms with Crippen molar-refractivity contribution in [3.8, 4) is 0 Å². The number of aromatic carboxylic acids is 1. The van der Waals surface area contributed by atoms with Gasteiger partial charge in [0.15, 0.2) is 0 Å². The molecule has 2 aromatic carbocycles. The summed E-state index contributed by atoms with van der Waals surface area (Å²) in [5.74, 6) is -2.77. The molecule has 0 aromatic heterocycles. The van der Waals surface area contributed by atoms with E-state index in [1.807, 2.05) is 5.32 Å². The Balaban J connectivity index is 2.43. The molecule has 0 atom stereocenters. The molecule has 1 amide bonds. The average molecular weight is 354 g/mol. The molecule has 0 bridgehead atoms. The van der Waals surface area contributed by atoms with Gasteiger partial charge >= 0.3 is 12.1 Å². The third-order valence-electron chi connectivity index (χ3n) is 3.17. The number of benzene rings is 2. The van der Waals surface area contributed by atoms with E-state index in [1.54, 1.807) is 0 Å². The second-order valence-electron chi connectivity index (χ2n) is 4.79. The van der Waals surface area contributed by atoms with Gasteiger partial charge in [-0.1, -0.05) is 12.1 Å². The monoisotopic (exact) mass is 354 g/mol. The molecular weight excluding hydrogens is 345 g/mol. The molecule has 0 saturated carbocycles. The molecule has 0 saturated heterocycles. The highest BCUT2D eigenvalue weighted by molar-refractivity contribution is 6.08. The lowest BCUT2D eigenvalue weighted by Gasteiger charge is -2.13. The lowest BCUT2D eigenvalue weighted by molar-refractivity contribution is -0.384. The lowest BCUT2D eigenvalue weighted by Crippen LogP contribution is -2.20. The van der Waals surface area contributed by atoms with Crippen LogP contribution in [0.1, 0.15) is 26.3 Å². The molecule has 0 aliphatic carbocycles. The molecule has 130 valence electrons. The zero-order chi connectivity index (χ0) is 18.8. The first kappa shape index (κ1) is 17.9. The van der Waals surface area contributed by atoms with E-state index in [4.69, 9.17) is 5.11 Å². The van der Waals surface area contributed by atoms with Gasteiger partial charge < -0.3 is 10.4 Å². The molecular formula is C15H9F3N2O5. The molecule has 0 aliphatic heterocycles. The highest BCUT2D eigenvalue weighted by atomic mass is 19.4. The summed E-state index contributed by atoms with van der Waals surface area (Å²) in [7, 11) is 0. The van der Waals surface area contributed by atoms with Gasteiger partial charge in [0.1, 0.15) is 0 Å². The molecule has 0 unspecified atom stereocenters. The number of carbonyl (C=O) groups excluding carboxylic acids is 1. The minimum Gasteiger partial charge on any atom is -0.478 e. The molecule has 0 fully saturated rings. The number of carbonyl (C=O) groups is 2. The Morgan fingerprint density at radius 2 is 1.72 bits per heavy atom. The number of nitrogens with one attached hydrogen (secondary N) is 1. The van der Waals surface area contributed by atoms with E-state index < -0.39 is 45.4 Å². The van der Waals surface area contributed by atoms with Crippen LogP contribution in [0.2, 0.25) is 0 Å². The second kappa shape index (κ2) is 6.59. The van der Waals surface area contributed by atoms with Gasteiger partial charge in [-0.05, 0) is 18.2 Å². The highest BCUT2D eigenvalue weighted by Crippen LogP contribution is 2.32. The van der Waals surface area contributed by atoms with Crippen molar-refractivity contribution in [2.45, 2.75) is 6.18 Å². The number of nitrogens with zero attached hydrogens (tertiary/aromatic N) is 1. The van der Waals surface area contributed by atoms with Crippen LogP contribution in [0.15, 0.2) is 42.5 Å². The Morgan fingerprint density at radius 3 is 2.28 bits per heavy atom. The van der Waals surface area contributed by atoms with Crippen LogP contribution in [0, 0.1) is 10.1 Å². The summed E-state index contributed by atoms with van der Waals surface area (Å²) in [6.45, 7) is 0. The number of rotatable bonds is 4. The van der Waals surface area contributed by atoms with E-state index in [9.17, 15) is 32.9 Å². The number of carboxylic acid groups (broad SMARTS) is 1. The van der Waals surface area contributed by atoms with Crippen LogP contribution in [0.4, 0.5) is 24.5 Å². The van der Waals surface area contributed by atoms with Crippen LogP contribution >= 0.6 is 0 Å². The summed E-state index contributed by atoms with van der Waals surface area (Å²) in [6.07, 6.45) is -4.78. The number of hydrogen-bond acceptors (Lipinski definition) is 4. The number of halogens is 3. The van der Waals surface area contributed by atoms with Crippen LogP contribution in [0.5, 0.6) is 0 Å². The van der Waals surface area contributed by atoms with Crippen molar-refractivity contribution >= 4 is 23.3 Å². The van der Waals surface area contributed by atoms with E-state index in [0.717, 1.165) is 24.3 Å². The van der Waals surface area contributed by atoms with Crippen LogP contribution in [0.3, 0.4) is 0 Å². The van der Waals surface area contributed by atoms with Crippen LogP contribution < -0.4 is 5.32 Å². The maximum absolute atomic E-state index is 12.9. The second-order valence-corrected chi connectivity index (χ2v) is 4.79. The number of nitro groups is 1. The predicted octanol–water partition coefficient (Wildman–Crippen LogP) is 3.56. The van der Waals surface area contributed by atoms with Gasteiger partial charge in [0.2, 0.25) is 0 Å². The van der Waals surface area contributed by atoms with Gasteiger partial charge in [-0.2, -0.15) is 13.2 Å². The number of non-ortho nitro benzene ring substituents is 1. The molecule has 0 spiro atoms. The first-order valence-corrected chi connectivity index (χ1v) is 6.60. The summed E-state index contributed by atoms with van der Waals surface area (Å²) >= 11 is 0. The molecule has 0 radical (unpaired) electrons. The smallest absolute Gasteiger partial charge is 0.417 e. The van der Waals surface area contributed by atoms with Gasteiger partial charge in [-0.25, -0.2) is 4.79 Å². The van der Waals surface area contributed by atoms with E-state index >= 15 is 0 Å². The first-order valence-electron chi connectivity index (χ1n) is 6.60. The first-order chi connectivity index (χ1) is 11.6. The Hall–Kier alpha value is -3.43. The van der Waals surface area contributed by atoms with Crippen molar-refractivity contribution in [3.63, 3.8) is 0 Å². The Bertz CT molecular complexity index is 864. The minimum absolute atomic E-state index is 0.361. The summed E-state index contributed by atoms with van der Waals surface area (Å²) in [6, 6.07) is 6.54. The van der Waals surface area contributed by atoms with E-state index in [2.05, 4.69) is 0 Å². The molecule has 2 N–H and O–H groups in total. The maximum atomic E-state index is 12.9. The quantitative estimate of drug-likeness (QED) is 0.644. The summed E-state index contributed by atoms with van der Waals surface area (Å²) in [4.78, 5) is 33.2. The predicted molar refractivity (Wildman–Crippen MR) is 79.5 cm³/mol. The number of nitro benzene ring substituents is 1. The Labute approximate surface area is 137 Å². The van der Waals surface area contributed by atoms with Crippen molar-refractivity contribution in [3.05, 3.63) is 69.3 Å². The summed E-state index contributed by atoms with van der Waals surface area (Å²) in [5, 5.41) is 21.8. The molecule has 7 nitrogen and oxygen atoms in total. The Morgan fingerprint density at radius 1 is 1.08 bits per heavy atom. The fourth-order valence-electron chi connectivity index (χ4n) is 2.05. The molecule has 25 heavy (non-hydrogen) atoms. The third kappa shape index (κ3) is 3.91. The lowest BCUT2D eigenvalue weighted by atomic mass is 10.1. The van der Waals surface area contributed by atoms with Gasteiger partial charge in [0, 0.05) is 12.1 Å². The van der Waals surface area contributed by atoms with E-state index in [0.29, 0.717) is 12.1 Å². The van der Waals surface area contributed by atoms with Gasteiger partial charge in [0.05, 0.1) is 27.3 Å². The average Bonchev–Trinajstić information content (AvgIpc) is 2.53. The van der Waals surface area contributed by atoms with Gasteiger partial charge in [-0.15, -0.1) is 0 Å². The molecule has 0 aliphatic rings. The summed E-state index contributed by atoms with van der Waals surface area (Å²) < 4.78 is 38.8. The van der Waals surface area contributed by atoms with Crippen LogP contribution in [0.25, 0.3) is 0 Å². The van der Waals surface area contributed by atoms with Crippen molar-refractivity contribution < 1.29 is 32.8 Å². The van der Waals surface area contributed by atoms with Crippen LogP contribution in [-0.2, 0) is 6.18 Å². The maximum Gasteiger partial charge on any atom is 0.417 e. The third-order valence-corrected chi connectivity index (χ3v) is 3.17. The molecule has 0 heterocycles. The topological polar surface area (TPSA) is 110 Å². The zero-order valence-electron chi connectivity index (χ0n) is 12.2. The van der Waals surface area contributed by atoms with Crippen LogP contribution in [-0.4, -0.2) is 21.9 Å². The van der Waals surface area contributed by atoms with Crippen molar-refractivity contribution in [1.29, 1.82) is 0 Å². The highest BCUT2D eigenvalue weighted by Gasteiger charge is 2.35. The number of anilines is 1. The van der Waals surface area contributed by atoms with E-state index in [-0.39, 0.29) is 5.69 Å². The molecule has 2 rings (SSSR count). The van der Waals surface area contributed by atoms with Gasteiger partial charge in [0.25, 0.3) is 11.6 Å². The standard InChI is InChI=1S/C15H9F3N2O5/c16-15(17,18)11-4-2-1-3-9(11)13(21)19-12-6-5-8(20(24)25)7-10(12)14(22)23/h1-7H,(H,19,21)(H,22,23). The van der Waals surface area contributed by atoms with Crippen molar-refractivity contribution in [1.82, 2.24) is 0 Å². The van der Waals surface area contributed by atoms with Crippen molar-refractivity contribution in [2.24, 2.45) is 0 Å².